The van der Waals surface area contributed by atoms with E-state index in [4.69, 9.17) is 0 Å². The molecular weight excluding hydrogens is 359 g/mol. The van der Waals surface area contributed by atoms with Gasteiger partial charge in [0, 0.05) is 13.1 Å². The number of halogens is 1. The van der Waals surface area contributed by atoms with Crippen LogP contribution in [0.4, 0.5) is 4.39 Å². The van der Waals surface area contributed by atoms with E-state index in [1.807, 2.05) is 0 Å². The standard InChI is InChI=1S/C18H27FN2O4S/c1-3-21-26(24,25)14-9-10-16(19)15(11-14)17(22)20-12-18(2,23)13-7-5-4-6-8-13/h9-11,13,21,23H,3-8,12H2,1-2H3,(H,20,22). The van der Waals surface area contributed by atoms with Crippen molar-refractivity contribution in [2.75, 3.05) is 13.1 Å². The quantitative estimate of drug-likeness (QED) is 0.669. The Hall–Kier alpha value is -1.51. The zero-order valence-corrected chi connectivity index (χ0v) is 16.0. The zero-order chi connectivity index (χ0) is 19.4. The minimum absolute atomic E-state index is 0.0138. The maximum absolute atomic E-state index is 14.0. The van der Waals surface area contributed by atoms with Crippen LogP contribution < -0.4 is 10.0 Å². The second kappa shape index (κ2) is 8.45. The molecule has 0 spiro atoms. The van der Waals surface area contributed by atoms with Crippen molar-refractivity contribution in [2.45, 2.75) is 56.4 Å². The molecule has 0 bridgehead atoms. The molecule has 1 amide bonds. The third kappa shape index (κ3) is 5.02. The summed E-state index contributed by atoms with van der Waals surface area (Å²) < 4.78 is 40.4. The van der Waals surface area contributed by atoms with Crippen molar-refractivity contribution in [2.24, 2.45) is 5.92 Å². The molecule has 1 fully saturated rings. The van der Waals surface area contributed by atoms with Crippen molar-refractivity contribution in [1.29, 1.82) is 0 Å². The van der Waals surface area contributed by atoms with Gasteiger partial charge in [-0.1, -0.05) is 26.2 Å². The molecule has 0 heterocycles. The molecule has 6 nitrogen and oxygen atoms in total. The number of carbonyl (C=O) groups is 1. The molecule has 0 radical (unpaired) electrons. The van der Waals surface area contributed by atoms with Crippen molar-refractivity contribution in [3.05, 3.63) is 29.6 Å². The first-order valence-corrected chi connectivity index (χ1v) is 10.5. The third-order valence-corrected chi connectivity index (χ3v) is 6.46. The molecule has 1 aliphatic rings. The fraction of sp³-hybridized carbons (Fsp3) is 0.611. The summed E-state index contributed by atoms with van der Waals surface area (Å²) >= 11 is 0. The molecule has 8 heteroatoms. The Labute approximate surface area is 154 Å². The molecule has 3 N–H and O–H groups in total. The van der Waals surface area contributed by atoms with Gasteiger partial charge in [-0.25, -0.2) is 17.5 Å². The van der Waals surface area contributed by atoms with E-state index in [1.165, 1.54) is 0 Å². The average Bonchev–Trinajstić information content (AvgIpc) is 2.60. The summed E-state index contributed by atoms with van der Waals surface area (Å²) in [6.07, 6.45) is 5.04. The number of rotatable bonds is 7. The maximum atomic E-state index is 14.0. The Kier molecular flexibility index (Phi) is 6.76. The first-order valence-electron chi connectivity index (χ1n) is 8.97. The summed E-state index contributed by atoms with van der Waals surface area (Å²) in [6, 6.07) is 3.08. The minimum Gasteiger partial charge on any atom is -0.388 e. The second-order valence-corrected chi connectivity index (χ2v) is 8.78. The zero-order valence-electron chi connectivity index (χ0n) is 15.2. The van der Waals surface area contributed by atoms with Crippen molar-refractivity contribution in [3.63, 3.8) is 0 Å². The van der Waals surface area contributed by atoms with Crippen molar-refractivity contribution < 1.29 is 22.7 Å². The predicted octanol–water partition coefficient (Wildman–Crippen LogP) is 2.18. The van der Waals surface area contributed by atoms with Gasteiger partial charge in [-0.05, 0) is 43.9 Å². The lowest BCUT2D eigenvalue weighted by atomic mass is 9.78. The minimum atomic E-state index is -3.79. The van der Waals surface area contributed by atoms with E-state index in [9.17, 15) is 22.7 Å². The lowest BCUT2D eigenvalue weighted by molar-refractivity contribution is -0.0143. The molecule has 0 saturated heterocycles. The van der Waals surface area contributed by atoms with Crippen LogP contribution in [0.25, 0.3) is 0 Å². The number of sulfonamides is 1. The molecule has 1 aliphatic carbocycles. The maximum Gasteiger partial charge on any atom is 0.254 e. The van der Waals surface area contributed by atoms with Crippen LogP contribution in [0.5, 0.6) is 0 Å². The molecule has 26 heavy (non-hydrogen) atoms. The van der Waals surface area contributed by atoms with Gasteiger partial charge in [0.1, 0.15) is 5.82 Å². The number of aliphatic hydroxyl groups is 1. The van der Waals surface area contributed by atoms with E-state index < -0.39 is 27.3 Å². The predicted molar refractivity (Wildman–Crippen MR) is 96.8 cm³/mol. The molecule has 2 rings (SSSR count). The number of nitrogens with one attached hydrogen (secondary N) is 2. The van der Waals surface area contributed by atoms with Crippen LogP contribution in [0.15, 0.2) is 23.1 Å². The molecule has 146 valence electrons. The highest BCUT2D eigenvalue weighted by molar-refractivity contribution is 7.89. The molecule has 1 saturated carbocycles. The number of amides is 1. The summed E-state index contributed by atoms with van der Waals surface area (Å²) in [5, 5.41) is 13.2. The van der Waals surface area contributed by atoms with Gasteiger partial charge in [0.05, 0.1) is 16.1 Å². The van der Waals surface area contributed by atoms with Gasteiger partial charge in [-0.15, -0.1) is 0 Å². The molecule has 1 unspecified atom stereocenters. The molecule has 0 aromatic heterocycles. The van der Waals surface area contributed by atoms with Gasteiger partial charge in [-0.3, -0.25) is 4.79 Å². The lowest BCUT2D eigenvalue weighted by Gasteiger charge is -2.35. The molecular formula is C18H27FN2O4S. The van der Waals surface area contributed by atoms with Gasteiger partial charge >= 0.3 is 0 Å². The first kappa shape index (κ1) is 20.8. The van der Waals surface area contributed by atoms with E-state index in [1.54, 1.807) is 13.8 Å². The highest BCUT2D eigenvalue weighted by atomic mass is 32.2. The average molecular weight is 386 g/mol. The largest absolute Gasteiger partial charge is 0.388 e. The van der Waals surface area contributed by atoms with E-state index >= 15 is 0 Å². The van der Waals surface area contributed by atoms with Gasteiger partial charge in [-0.2, -0.15) is 0 Å². The van der Waals surface area contributed by atoms with Gasteiger partial charge in [0.2, 0.25) is 10.0 Å². The van der Waals surface area contributed by atoms with Crippen LogP contribution >= 0.6 is 0 Å². The molecule has 0 aliphatic heterocycles. The molecule has 1 aromatic rings. The monoisotopic (exact) mass is 386 g/mol. The van der Waals surface area contributed by atoms with Crippen LogP contribution in [0.2, 0.25) is 0 Å². The Balaban J connectivity index is 2.11. The van der Waals surface area contributed by atoms with Crippen LogP contribution in [-0.2, 0) is 10.0 Å². The fourth-order valence-electron chi connectivity index (χ4n) is 3.34. The SMILES string of the molecule is CCNS(=O)(=O)c1ccc(F)c(C(=O)NCC(C)(O)C2CCCCC2)c1. The van der Waals surface area contributed by atoms with Crippen molar-refractivity contribution in [1.82, 2.24) is 10.0 Å². The van der Waals surface area contributed by atoms with E-state index in [2.05, 4.69) is 10.0 Å². The summed E-state index contributed by atoms with van der Waals surface area (Å²) in [7, 11) is -3.79. The van der Waals surface area contributed by atoms with Crippen molar-refractivity contribution >= 4 is 15.9 Å². The Morgan fingerprint density at radius 1 is 1.31 bits per heavy atom. The normalized spacial score (nSPS) is 18.3. The van der Waals surface area contributed by atoms with Gasteiger partial charge in [0.15, 0.2) is 0 Å². The summed E-state index contributed by atoms with van der Waals surface area (Å²) in [6.45, 7) is 3.47. The Morgan fingerprint density at radius 2 is 1.96 bits per heavy atom. The Bertz CT molecular complexity index is 744. The fourth-order valence-corrected chi connectivity index (χ4v) is 4.41. The smallest absolute Gasteiger partial charge is 0.254 e. The number of hydrogen-bond donors (Lipinski definition) is 3. The summed E-state index contributed by atoms with van der Waals surface area (Å²) in [4.78, 5) is 12.2. The van der Waals surface area contributed by atoms with Crippen LogP contribution in [0, 0.1) is 11.7 Å². The van der Waals surface area contributed by atoms with E-state index in [-0.39, 0.29) is 29.5 Å². The number of carbonyl (C=O) groups excluding carboxylic acids is 1. The van der Waals surface area contributed by atoms with Crippen LogP contribution in [0.3, 0.4) is 0 Å². The van der Waals surface area contributed by atoms with E-state index in [0.29, 0.717) is 0 Å². The van der Waals surface area contributed by atoms with Gasteiger partial charge < -0.3 is 10.4 Å². The van der Waals surface area contributed by atoms with Crippen molar-refractivity contribution in [3.8, 4) is 0 Å². The number of benzene rings is 1. The second-order valence-electron chi connectivity index (χ2n) is 7.02. The number of hydrogen-bond acceptors (Lipinski definition) is 4. The Morgan fingerprint density at radius 3 is 2.58 bits per heavy atom. The summed E-state index contributed by atoms with van der Waals surface area (Å²) in [5.41, 5.74) is -1.44. The third-order valence-electron chi connectivity index (χ3n) is 4.92. The molecule has 1 atom stereocenters. The van der Waals surface area contributed by atoms with Crippen LogP contribution in [-0.4, -0.2) is 38.1 Å². The topological polar surface area (TPSA) is 95.5 Å². The molecule has 1 aromatic carbocycles. The first-order chi connectivity index (χ1) is 12.2. The van der Waals surface area contributed by atoms with Crippen LogP contribution in [0.1, 0.15) is 56.3 Å². The summed E-state index contributed by atoms with van der Waals surface area (Å²) in [5.74, 6) is -1.47. The highest BCUT2D eigenvalue weighted by Crippen LogP contribution is 2.32. The highest BCUT2D eigenvalue weighted by Gasteiger charge is 2.33. The van der Waals surface area contributed by atoms with Gasteiger partial charge in [0.25, 0.3) is 5.91 Å². The van der Waals surface area contributed by atoms with E-state index in [0.717, 1.165) is 50.3 Å². The lowest BCUT2D eigenvalue weighted by Crippen LogP contribution is -2.46.